The number of rotatable bonds is 6. The number of hydrogen-bond acceptors (Lipinski definition) is 8. The van der Waals surface area contributed by atoms with Gasteiger partial charge >= 0.3 is 0 Å². The Labute approximate surface area is 141 Å². The van der Waals surface area contributed by atoms with Crippen molar-refractivity contribution in [2.75, 3.05) is 59.0 Å². The van der Waals surface area contributed by atoms with Crippen molar-refractivity contribution in [3.05, 3.63) is 18.5 Å². The molecule has 0 aliphatic carbocycles. The number of nitrogens with one attached hydrogen (secondary N) is 1. The van der Waals surface area contributed by atoms with Gasteiger partial charge in [0.2, 0.25) is 0 Å². The fourth-order valence-electron chi connectivity index (χ4n) is 2.85. The van der Waals surface area contributed by atoms with E-state index in [1.165, 1.54) is 0 Å². The molecule has 1 aromatic heterocycles. The highest BCUT2D eigenvalue weighted by molar-refractivity contribution is 5.91. The molecular weight excluding hydrogens is 310 g/mol. The van der Waals surface area contributed by atoms with Gasteiger partial charge < -0.3 is 20.0 Å². The quantitative estimate of drug-likeness (QED) is 0.794. The van der Waals surface area contributed by atoms with Crippen LogP contribution in [0.2, 0.25) is 0 Å². The number of β-amino-alcohol motifs (C(OH)–C–C–N with tert-alkyl or cyclic N) is 1. The second-order valence-electron chi connectivity index (χ2n) is 5.61. The van der Waals surface area contributed by atoms with Crippen LogP contribution in [-0.2, 0) is 0 Å². The van der Waals surface area contributed by atoms with E-state index >= 15 is 0 Å². The van der Waals surface area contributed by atoms with E-state index in [1.807, 2.05) is 12.1 Å². The number of nitrogens with zero attached hydrogens (tertiary/aromatic N) is 4. The number of ether oxygens (including phenoxy) is 2. The summed E-state index contributed by atoms with van der Waals surface area (Å²) in [5.41, 5.74) is 4.17. The van der Waals surface area contributed by atoms with E-state index in [-0.39, 0.29) is 6.61 Å². The van der Waals surface area contributed by atoms with Crippen LogP contribution >= 0.6 is 0 Å². The molecule has 3 rings (SSSR count). The van der Waals surface area contributed by atoms with Gasteiger partial charge in [-0.1, -0.05) is 0 Å². The molecule has 8 nitrogen and oxygen atoms in total. The van der Waals surface area contributed by atoms with E-state index in [0.29, 0.717) is 11.5 Å². The molecule has 0 unspecified atom stereocenters. The molecule has 8 heteroatoms. The summed E-state index contributed by atoms with van der Waals surface area (Å²) in [6.45, 7) is 4.46. The molecular formula is C16H23N5O3. The Hall–Kier alpha value is -2.16. The van der Waals surface area contributed by atoms with E-state index in [1.54, 1.807) is 20.5 Å². The number of hydrazine groups is 1. The lowest BCUT2D eigenvalue weighted by molar-refractivity contribution is 0.127. The van der Waals surface area contributed by atoms with Crippen LogP contribution in [-0.4, -0.2) is 78.5 Å². The number of benzene rings is 1. The minimum absolute atomic E-state index is 0.200. The fourth-order valence-corrected chi connectivity index (χ4v) is 2.85. The highest BCUT2D eigenvalue weighted by Gasteiger charge is 2.18. The summed E-state index contributed by atoms with van der Waals surface area (Å²) >= 11 is 0. The minimum atomic E-state index is 0.200. The van der Waals surface area contributed by atoms with Crippen molar-refractivity contribution in [3.63, 3.8) is 0 Å². The molecule has 1 aliphatic rings. The first-order valence-corrected chi connectivity index (χ1v) is 7.96. The minimum Gasteiger partial charge on any atom is -0.493 e. The Balaban J connectivity index is 1.80. The molecule has 130 valence electrons. The molecule has 0 saturated carbocycles. The zero-order chi connectivity index (χ0) is 16.9. The lowest BCUT2D eigenvalue weighted by atomic mass is 10.2. The van der Waals surface area contributed by atoms with Crippen molar-refractivity contribution < 1.29 is 14.6 Å². The van der Waals surface area contributed by atoms with Crippen LogP contribution < -0.4 is 14.9 Å². The van der Waals surface area contributed by atoms with Crippen molar-refractivity contribution in [2.45, 2.75) is 0 Å². The molecule has 1 aliphatic heterocycles. The molecule has 2 aromatic rings. The lowest BCUT2D eigenvalue weighted by Gasteiger charge is -2.34. The summed E-state index contributed by atoms with van der Waals surface area (Å²) in [5, 5.41) is 12.0. The molecule has 1 aromatic carbocycles. The Bertz CT molecular complexity index is 689. The van der Waals surface area contributed by atoms with Gasteiger partial charge in [0.25, 0.3) is 0 Å². The zero-order valence-corrected chi connectivity index (χ0v) is 14.0. The predicted molar refractivity (Wildman–Crippen MR) is 91.4 cm³/mol. The predicted octanol–water partition coefficient (Wildman–Crippen LogP) is 0.584. The molecule has 2 heterocycles. The van der Waals surface area contributed by atoms with Crippen LogP contribution in [0.15, 0.2) is 18.5 Å². The molecule has 0 radical (unpaired) electrons. The SMILES string of the molecule is COc1cc2ncnc(NN3CCN(CCO)CC3)c2cc1OC. The van der Waals surface area contributed by atoms with Crippen LogP contribution in [0.3, 0.4) is 0 Å². The van der Waals surface area contributed by atoms with Gasteiger partial charge in [0.15, 0.2) is 17.3 Å². The molecule has 1 fully saturated rings. The second kappa shape index (κ2) is 7.61. The summed E-state index contributed by atoms with van der Waals surface area (Å²) in [4.78, 5) is 10.9. The molecule has 0 spiro atoms. The maximum absolute atomic E-state index is 9.02. The largest absolute Gasteiger partial charge is 0.493 e. The van der Waals surface area contributed by atoms with Gasteiger partial charge in [-0.15, -0.1) is 0 Å². The number of hydrogen-bond donors (Lipinski definition) is 2. The number of methoxy groups -OCH3 is 2. The maximum Gasteiger partial charge on any atom is 0.162 e. The third-order valence-electron chi connectivity index (χ3n) is 4.19. The smallest absolute Gasteiger partial charge is 0.162 e. The Kier molecular flexibility index (Phi) is 5.29. The van der Waals surface area contributed by atoms with Crippen LogP contribution in [0.25, 0.3) is 10.9 Å². The topological polar surface area (TPSA) is 83.0 Å². The van der Waals surface area contributed by atoms with E-state index in [9.17, 15) is 0 Å². The first kappa shape index (κ1) is 16.7. The second-order valence-corrected chi connectivity index (χ2v) is 5.61. The molecule has 1 saturated heterocycles. The normalized spacial score (nSPS) is 16.3. The van der Waals surface area contributed by atoms with E-state index in [2.05, 4.69) is 25.3 Å². The van der Waals surface area contributed by atoms with Crippen LogP contribution in [0.5, 0.6) is 11.5 Å². The molecule has 0 atom stereocenters. The van der Waals surface area contributed by atoms with Crippen molar-refractivity contribution in [1.82, 2.24) is 19.9 Å². The number of aromatic nitrogens is 2. The molecule has 0 bridgehead atoms. The number of piperazine rings is 1. The van der Waals surface area contributed by atoms with E-state index in [4.69, 9.17) is 14.6 Å². The summed E-state index contributed by atoms with van der Waals surface area (Å²) in [6, 6.07) is 3.73. The first-order chi connectivity index (χ1) is 11.7. The number of anilines is 1. The number of fused-ring (bicyclic) bond motifs is 1. The molecule has 0 amide bonds. The summed E-state index contributed by atoms with van der Waals surface area (Å²) in [6.07, 6.45) is 1.54. The Morgan fingerprint density at radius 2 is 1.79 bits per heavy atom. The zero-order valence-electron chi connectivity index (χ0n) is 14.0. The van der Waals surface area contributed by atoms with Crippen molar-refractivity contribution in [1.29, 1.82) is 0 Å². The number of aliphatic hydroxyl groups is 1. The summed E-state index contributed by atoms with van der Waals surface area (Å²) < 4.78 is 10.7. The molecule has 24 heavy (non-hydrogen) atoms. The Morgan fingerprint density at radius 1 is 1.08 bits per heavy atom. The third-order valence-corrected chi connectivity index (χ3v) is 4.19. The fraction of sp³-hybridized carbons (Fsp3) is 0.500. The van der Waals surface area contributed by atoms with Gasteiger partial charge in [-0.05, 0) is 6.07 Å². The van der Waals surface area contributed by atoms with Gasteiger partial charge in [-0.3, -0.25) is 4.90 Å². The van der Waals surface area contributed by atoms with Crippen molar-refractivity contribution >= 4 is 16.7 Å². The number of aliphatic hydroxyl groups excluding tert-OH is 1. The van der Waals surface area contributed by atoms with E-state index in [0.717, 1.165) is 49.4 Å². The summed E-state index contributed by atoms with van der Waals surface area (Å²) in [5.74, 6) is 2.04. The summed E-state index contributed by atoms with van der Waals surface area (Å²) in [7, 11) is 3.22. The van der Waals surface area contributed by atoms with Crippen molar-refractivity contribution in [3.8, 4) is 11.5 Å². The molecule has 2 N–H and O–H groups in total. The lowest BCUT2D eigenvalue weighted by Crippen LogP contribution is -2.49. The first-order valence-electron chi connectivity index (χ1n) is 7.96. The third kappa shape index (κ3) is 3.50. The van der Waals surface area contributed by atoms with Gasteiger partial charge in [0, 0.05) is 44.2 Å². The highest BCUT2D eigenvalue weighted by atomic mass is 16.5. The highest BCUT2D eigenvalue weighted by Crippen LogP contribution is 2.33. The van der Waals surface area contributed by atoms with Gasteiger partial charge in [-0.25, -0.2) is 15.0 Å². The van der Waals surface area contributed by atoms with Crippen LogP contribution in [0.1, 0.15) is 0 Å². The van der Waals surface area contributed by atoms with Crippen molar-refractivity contribution in [2.24, 2.45) is 0 Å². The van der Waals surface area contributed by atoms with Gasteiger partial charge in [0.1, 0.15) is 6.33 Å². The van der Waals surface area contributed by atoms with Gasteiger partial charge in [0.05, 0.1) is 26.3 Å². The van der Waals surface area contributed by atoms with Crippen LogP contribution in [0, 0.1) is 0 Å². The Morgan fingerprint density at radius 3 is 2.46 bits per heavy atom. The van der Waals surface area contributed by atoms with Gasteiger partial charge in [-0.2, -0.15) is 0 Å². The standard InChI is InChI=1S/C16H23N5O3/c1-23-14-9-12-13(10-15(14)24-2)17-11-18-16(12)19-21-5-3-20(4-6-21)7-8-22/h9-11,22H,3-8H2,1-2H3,(H,17,18,19). The van der Waals surface area contributed by atoms with Crippen LogP contribution in [0.4, 0.5) is 5.82 Å². The monoisotopic (exact) mass is 333 g/mol. The average Bonchev–Trinajstić information content (AvgIpc) is 2.62. The average molecular weight is 333 g/mol. The maximum atomic E-state index is 9.02. The van der Waals surface area contributed by atoms with E-state index < -0.39 is 0 Å².